The molecule has 0 saturated heterocycles. The molecule has 1 aliphatic carbocycles. The van der Waals surface area contributed by atoms with Gasteiger partial charge in [0.15, 0.2) is 0 Å². The lowest BCUT2D eigenvalue weighted by Crippen LogP contribution is -2.35. The topological polar surface area (TPSA) is 51.8 Å². The molecular weight excluding hydrogens is 210 g/mol. The van der Waals surface area contributed by atoms with Crippen molar-refractivity contribution in [3.63, 3.8) is 0 Å². The number of aromatic nitrogens is 2. The zero-order chi connectivity index (χ0) is 12.5. The lowest BCUT2D eigenvalue weighted by atomic mass is 9.99. The van der Waals surface area contributed by atoms with Crippen LogP contribution in [0, 0.1) is 0 Å². The Kier molecular flexibility index (Phi) is 3.48. The van der Waals surface area contributed by atoms with E-state index in [1.807, 2.05) is 6.92 Å². The summed E-state index contributed by atoms with van der Waals surface area (Å²) < 4.78 is 0. The van der Waals surface area contributed by atoms with E-state index in [1.165, 1.54) is 18.5 Å². The van der Waals surface area contributed by atoms with Crippen molar-refractivity contribution in [1.29, 1.82) is 0 Å². The Morgan fingerprint density at radius 2 is 2.06 bits per heavy atom. The SMILES string of the molecule is CCCc1cc(C2CC2)nc(C(C)(N)CC)n1. The molecule has 0 aliphatic heterocycles. The number of aryl methyl sites for hydroxylation is 1. The van der Waals surface area contributed by atoms with Crippen molar-refractivity contribution in [1.82, 2.24) is 9.97 Å². The second-order valence-corrected chi connectivity index (χ2v) is 5.40. The van der Waals surface area contributed by atoms with Crippen LogP contribution in [0.15, 0.2) is 6.07 Å². The van der Waals surface area contributed by atoms with E-state index in [0.717, 1.165) is 30.8 Å². The van der Waals surface area contributed by atoms with Crippen LogP contribution < -0.4 is 5.73 Å². The van der Waals surface area contributed by atoms with Gasteiger partial charge in [-0.05, 0) is 38.7 Å². The van der Waals surface area contributed by atoms with Gasteiger partial charge in [-0.25, -0.2) is 9.97 Å². The maximum absolute atomic E-state index is 6.27. The second kappa shape index (κ2) is 4.73. The molecule has 1 aromatic rings. The van der Waals surface area contributed by atoms with Crippen molar-refractivity contribution in [3.8, 4) is 0 Å². The molecule has 1 aromatic heterocycles. The third-order valence-corrected chi connectivity index (χ3v) is 3.55. The Hall–Kier alpha value is -0.960. The normalized spacial score (nSPS) is 19.1. The molecule has 3 heteroatoms. The first-order valence-electron chi connectivity index (χ1n) is 6.74. The van der Waals surface area contributed by atoms with Crippen molar-refractivity contribution in [2.75, 3.05) is 0 Å². The van der Waals surface area contributed by atoms with E-state index in [0.29, 0.717) is 5.92 Å². The molecule has 94 valence electrons. The minimum absolute atomic E-state index is 0.395. The highest BCUT2D eigenvalue weighted by atomic mass is 15.0. The van der Waals surface area contributed by atoms with E-state index in [9.17, 15) is 0 Å². The summed E-state index contributed by atoms with van der Waals surface area (Å²) in [6, 6.07) is 2.18. The lowest BCUT2D eigenvalue weighted by Gasteiger charge is -2.22. The Bertz CT molecular complexity index is 394. The Morgan fingerprint density at radius 3 is 2.59 bits per heavy atom. The summed E-state index contributed by atoms with van der Waals surface area (Å²) in [7, 11) is 0. The summed E-state index contributed by atoms with van der Waals surface area (Å²) in [6.07, 6.45) is 5.56. The number of hydrogen-bond donors (Lipinski definition) is 1. The van der Waals surface area contributed by atoms with Gasteiger partial charge in [-0.3, -0.25) is 0 Å². The molecule has 1 heterocycles. The Labute approximate surface area is 104 Å². The van der Waals surface area contributed by atoms with Gasteiger partial charge in [-0.2, -0.15) is 0 Å². The van der Waals surface area contributed by atoms with Gasteiger partial charge in [0, 0.05) is 17.3 Å². The van der Waals surface area contributed by atoms with Gasteiger partial charge >= 0.3 is 0 Å². The molecule has 0 amide bonds. The number of nitrogens with zero attached hydrogens (tertiary/aromatic N) is 2. The summed E-state index contributed by atoms with van der Waals surface area (Å²) in [5, 5.41) is 0. The van der Waals surface area contributed by atoms with Crippen LogP contribution in [0.3, 0.4) is 0 Å². The summed E-state index contributed by atoms with van der Waals surface area (Å²) in [6.45, 7) is 6.29. The molecule has 1 saturated carbocycles. The molecule has 1 aliphatic rings. The highest BCUT2D eigenvalue weighted by Gasteiger charge is 2.29. The number of rotatable bonds is 5. The van der Waals surface area contributed by atoms with E-state index in [4.69, 9.17) is 5.73 Å². The fourth-order valence-electron chi connectivity index (χ4n) is 1.90. The summed E-state index contributed by atoms with van der Waals surface area (Å²) in [5.41, 5.74) is 8.24. The van der Waals surface area contributed by atoms with E-state index < -0.39 is 5.54 Å². The van der Waals surface area contributed by atoms with Gasteiger partial charge in [0.05, 0.1) is 5.54 Å². The van der Waals surface area contributed by atoms with Crippen LogP contribution in [0.1, 0.15) is 69.6 Å². The lowest BCUT2D eigenvalue weighted by molar-refractivity contribution is 0.441. The van der Waals surface area contributed by atoms with Gasteiger partial charge < -0.3 is 5.73 Å². The Morgan fingerprint density at radius 1 is 1.35 bits per heavy atom. The van der Waals surface area contributed by atoms with Crippen molar-refractivity contribution < 1.29 is 0 Å². The van der Waals surface area contributed by atoms with Gasteiger partial charge in [0.25, 0.3) is 0 Å². The molecule has 0 bridgehead atoms. The van der Waals surface area contributed by atoms with Crippen LogP contribution in [-0.2, 0) is 12.0 Å². The molecule has 2 N–H and O–H groups in total. The maximum atomic E-state index is 6.27. The minimum Gasteiger partial charge on any atom is -0.319 e. The smallest absolute Gasteiger partial charge is 0.148 e. The summed E-state index contributed by atoms with van der Waals surface area (Å²) in [5.74, 6) is 1.49. The summed E-state index contributed by atoms with van der Waals surface area (Å²) in [4.78, 5) is 9.32. The van der Waals surface area contributed by atoms with Crippen molar-refractivity contribution in [2.24, 2.45) is 5.73 Å². The first-order valence-corrected chi connectivity index (χ1v) is 6.74. The molecule has 1 fully saturated rings. The quantitative estimate of drug-likeness (QED) is 0.850. The average Bonchev–Trinajstić information content (AvgIpc) is 3.13. The molecule has 2 rings (SSSR count). The molecule has 1 atom stereocenters. The van der Waals surface area contributed by atoms with Gasteiger partial charge in [-0.15, -0.1) is 0 Å². The van der Waals surface area contributed by atoms with E-state index >= 15 is 0 Å². The van der Waals surface area contributed by atoms with Crippen LogP contribution in [0.2, 0.25) is 0 Å². The zero-order valence-electron chi connectivity index (χ0n) is 11.2. The van der Waals surface area contributed by atoms with Gasteiger partial charge in [-0.1, -0.05) is 20.3 Å². The van der Waals surface area contributed by atoms with Crippen LogP contribution in [0.4, 0.5) is 0 Å². The fourth-order valence-corrected chi connectivity index (χ4v) is 1.90. The highest BCUT2D eigenvalue weighted by Crippen LogP contribution is 2.39. The number of hydrogen-bond acceptors (Lipinski definition) is 3. The highest BCUT2D eigenvalue weighted by molar-refractivity contribution is 5.21. The molecule has 0 aromatic carbocycles. The maximum Gasteiger partial charge on any atom is 0.148 e. The largest absolute Gasteiger partial charge is 0.319 e. The first-order chi connectivity index (χ1) is 8.06. The molecule has 1 unspecified atom stereocenters. The predicted octanol–water partition coefficient (Wildman–Crippen LogP) is 2.89. The molecule has 0 spiro atoms. The average molecular weight is 233 g/mol. The number of nitrogens with two attached hydrogens (primary N) is 1. The zero-order valence-corrected chi connectivity index (χ0v) is 11.2. The van der Waals surface area contributed by atoms with E-state index in [2.05, 4.69) is 29.9 Å². The third kappa shape index (κ3) is 2.83. The molecular formula is C14H23N3. The van der Waals surface area contributed by atoms with E-state index in [1.54, 1.807) is 0 Å². The van der Waals surface area contributed by atoms with Crippen molar-refractivity contribution in [3.05, 3.63) is 23.3 Å². The predicted molar refractivity (Wildman–Crippen MR) is 69.8 cm³/mol. The first kappa shape index (κ1) is 12.5. The monoisotopic (exact) mass is 233 g/mol. The van der Waals surface area contributed by atoms with Gasteiger partial charge in [0.2, 0.25) is 0 Å². The van der Waals surface area contributed by atoms with Crippen molar-refractivity contribution >= 4 is 0 Å². The van der Waals surface area contributed by atoms with Crippen LogP contribution in [0.25, 0.3) is 0 Å². The molecule has 3 nitrogen and oxygen atoms in total. The van der Waals surface area contributed by atoms with Crippen molar-refractivity contribution in [2.45, 2.75) is 64.3 Å². The molecule has 17 heavy (non-hydrogen) atoms. The minimum atomic E-state index is -0.395. The standard InChI is InChI=1S/C14H23N3/c1-4-6-11-9-12(10-7-8-10)17-13(16-11)14(3,15)5-2/h9-10H,4-8,15H2,1-3H3. The second-order valence-electron chi connectivity index (χ2n) is 5.40. The third-order valence-electron chi connectivity index (χ3n) is 3.55. The Balaban J connectivity index is 2.36. The van der Waals surface area contributed by atoms with Crippen LogP contribution >= 0.6 is 0 Å². The van der Waals surface area contributed by atoms with Crippen LogP contribution in [-0.4, -0.2) is 9.97 Å². The van der Waals surface area contributed by atoms with Crippen LogP contribution in [0.5, 0.6) is 0 Å². The molecule has 0 radical (unpaired) electrons. The van der Waals surface area contributed by atoms with E-state index in [-0.39, 0.29) is 0 Å². The van der Waals surface area contributed by atoms with Gasteiger partial charge in [0.1, 0.15) is 5.82 Å². The fraction of sp³-hybridized carbons (Fsp3) is 0.714. The summed E-state index contributed by atoms with van der Waals surface area (Å²) >= 11 is 0.